The van der Waals surface area contributed by atoms with Crippen LogP contribution >= 0.6 is 7.41 Å². The number of hydrogen-bond donors (Lipinski definition) is 0. The monoisotopic (exact) mass is 304 g/mol. The molecule has 4 heteroatoms. The summed E-state index contributed by atoms with van der Waals surface area (Å²) in [5.74, 6) is 0. The molecule has 106 valence electrons. The van der Waals surface area contributed by atoms with Crippen molar-refractivity contribution >= 4 is 23.3 Å². The molecule has 0 spiro atoms. The van der Waals surface area contributed by atoms with Gasteiger partial charge in [0.15, 0.2) is 0 Å². The van der Waals surface area contributed by atoms with Gasteiger partial charge in [-0.1, -0.05) is 54.6 Å². The Kier molecular flexibility index (Phi) is 4.20. The average Bonchev–Trinajstić information content (AvgIpc) is 2.62. The second kappa shape index (κ2) is 6.44. The summed E-state index contributed by atoms with van der Waals surface area (Å²) in [5.41, 5.74) is 9.27. The van der Waals surface area contributed by atoms with Gasteiger partial charge in [-0.25, -0.2) is 0 Å². The van der Waals surface area contributed by atoms with Gasteiger partial charge in [-0.15, -0.1) is 0 Å². The van der Waals surface area contributed by atoms with E-state index in [1.165, 1.54) is 0 Å². The van der Waals surface area contributed by atoms with Crippen LogP contribution < -0.4 is 15.9 Å². The van der Waals surface area contributed by atoms with E-state index in [-0.39, 0.29) is 0 Å². The van der Waals surface area contributed by atoms with Crippen LogP contribution in [0.2, 0.25) is 0 Å². The molecule has 0 saturated heterocycles. The van der Waals surface area contributed by atoms with Gasteiger partial charge in [-0.3, -0.25) is 0 Å². The number of rotatable bonds is 4. The Morgan fingerprint density at radius 3 is 1.18 bits per heavy atom. The summed E-state index contributed by atoms with van der Waals surface area (Å²) in [6, 6.07) is 30.1. The van der Waals surface area contributed by atoms with E-state index in [1.54, 1.807) is 0 Å². The molecule has 0 fully saturated rings. The van der Waals surface area contributed by atoms with Crippen LogP contribution in [0.1, 0.15) is 0 Å². The molecule has 0 bridgehead atoms. The maximum Gasteiger partial charge on any atom is 0.223 e. The molecule has 0 N–H and O–H groups in total. The number of benzene rings is 3. The zero-order valence-electron chi connectivity index (χ0n) is 11.9. The molecule has 0 aliphatic rings. The molecule has 0 unspecified atom stereocenters. The van der Waals surface area contributed by atoms with Crippen LogP contribution in [0, 0.1) is 0 Å². The predicted octanol–water partition coefficient (Wildman–Crippen LogP) is 4.21. The fourth-order valence-corrected chi connectivity index (χ4v) is 5.73. The minimum absolute atomic E-state index is 1.06. The van der Waals surface area contributed by atoms with Crippen LogP contribution in [0.4, 0.5) is 0 Å². The third-order valence-electron chi connectivity index (χ3n) is 3.56. The van der Waals surface area contributed by atoms with Gasteiger partial charge >= 0.3 is 0 Å². The molecule has 0 saturated carbocycles. The van der Waals surface area contributed by atoms with Gasteiger partial charge in [0, 0.05) is 4.91 Å². The van der Waals surface area contributed by atoms with E-state index in [2.05, 4.69) is 9.80 Å². The summed E-state index contributed by atoms with van der Waals surface area (Å²) in [6.07, 6.45) is 0. The van der Waals surface area contributed by atoms with Crippen LogP contribution in [0.15, 0.2) is 95.9 Å². The average molecular weight is 304 g/mol. The third-order valence-corrected chi connectivity index (χ3v) is 7.05. The molecule has 0 atom stereocenters. The van der Waals surface area contributed by atoms with Crippen LogP contribution in [-0.2, 0) is 0 Å². The van der Waals surface area contributed by atoms with E-state index in [0.717, 1.165) is 15.9 Å². The summed E-state index contributed by atoms with van der Waals surface area (Å²) in [6.45, 7) is 0. The molecule has 3 nitrogen and oxygen atoms in total. The molecule has 3 aromatic rings. The highest BCUT2D eigenvalue weighted by molar-refractivity contribution is 7.94. The number of hydrogen-bond acceptors (Lipinski definition) is 1. The zero-order chi connectivity index (χ0) is 15.3. The summed E-state index contributed by atoms with van der Waals surface area (Å²) in [4.78, 5) is 7.57. The lowest BCUT2D eigenvalue weighted by molar-refractivity contribution is 1.65. The summed E-state index contributed by atoms with van der Waals surface area (Å²) < 4.78 is 0. The Morgan fingerprint density at radius 1 is 0.591 bits per heavy atom. The lowest BCUT2D eigenvalue weighted by atomic mass is 10.4. The second-order valence-corrected chi connectivity index (χ2v) is 7.82. The van der Waals surface area contributed by atoms with Crippen molar-refractivity contribution in [3.05, 3.63) is 101 Å². The highest BCUT2D eigenvalue weighted by atomic mass is 31.2. The third kappa shape index (κ3) is 2.48. The molecule has 0 aliphatic heterocycles. The smallest absolute Gasteiger partial charge is 0.0620 e. The van der Waals surface area contributed by atoms with Gasteiger partial charge in [0.2, 0.25) is 7.41 Å². The van der Waals surface area contributed by atoms with E-state index in [0.29, 0.717) is 0 Å². The lowest BCUT2D eigenvalue weighted by Gasteiger charge is -2.20. The Labute approximate surface area is 130 Å². The fourth-order valence-electron chi connectivity index (χ4n) is 2.59. The first-order chi connectivity index (χ1) is 10.9. The highest BCUT2D eigenvalue weighted by Crippen LogP contribution is 2.56. The van der Waals surface area contributed by atoms with Gasteiger partial charge in [0.05, 0.1) is 4.88 Å². The zero-order valence-corrected chi connectivity index (χ0v) is 12.8. The van der Waals surface area contributed by atoms with E-state index in [9.17, 15) is 5.53 Å². The van der Waals surface area contributed by atoms with Crippen LogP contribution in [0.3, 0.4) is 0 Å². The van der Waals surface area contributed by atoms with Crippen LogP contribution in [0.25, 0.3) is 10.4 Å². The number of azide groups is 1. The quantitative estimate of drug-likeness (QED) is 0.300. The highest BCUT2D eigenvalue weighted by Gasteiger charge is 2.46. The van der Waals surface area contributed by atoms with Crippen molar-refractivity contribution < 1.29 is 0 Å². The SMILES string of the molecule is [N-]=[N+]=N[P+](c1ccccc1)(c1ccccc1)c1ccccc1. The maximum atomic E-state index is 9.27. The van der Waals surface area contributed by atoms with Crippen molar-refractivity contribution in [2.45, 2.75) is 0 Å². The molecule has 0 amide bonds. The molecule has 0 aliphatic carbocycles. The standard InChI is InChI=1S/C18H15N3P/c19-20-21-22(16-10-4-1-5-11-16,17-12-6-2-7-13-17)18-14-8-3-9-15-18/h1-15H/q+1. The Morgan fingerprint density at radius 2 is 0.909 bits per heavy atom. The van der Waals surface area contributed by atoms with Gasteiger partial charge in [-0.05, 0) is 41.9 Å². The van der Waals surface area contributed by atoms with Crippen molar-refractivity contribution in [3.8, 4) is 0 Å². The fraction of sp³-hybridized carbons (Fsp3) is 0. The molecule has 3 aromatic carbocycles. The number of nitrogens with zero attached hydrogens (tertiary/aromatic N) is 3. The van der Waals surface area contributed by atoms with Crippen molar-refractivity contribution in [2.75, 3.05) is 0 Å². The summed E-state index contributed by atoms with van der Waals surface area (Å²) in [7, 11) is -2.34. The van der Waals surface area contributed by atoms with Crippen molar-refractivity contribution in [2.24, 2.45) is 4.88 Å². The van der Waals surface area contributed by atoms with Crippen molar-refractivity contribution in [3.63, 3.8) is 0 Å². The Hall–Kier alpha value is -2.60. The maximum absolute atomic E-state index is 9.27. The minimum Gasteiger partial charge on any atom is -0.0620 e. The Balaban J connectivity index is 2.37. The minimum atomic E-state index is -2.34. The summed E-state index contributed by atoms with van der Waals surface area (Å²) >= 11 is 0. The normalized spacial score (nSPS) is 10.7. The van der Waals surface area contributed by atoms with Gasteiger partial charge < -0.3 is 0 Å². The molecule has 0 heterocycles. The van der Waals surface area contributed by atoms with Crippen molar-refractivity contribution in [1.29, 1.82) is 0 Å². The molecule has 0 radical (unpaired) electrons. The van der Waals surface area contributed by atoms with Crippen molar-refractivity contribution in [1.82, 2.24) is 0 Å². The van der Waals surface area contributed by atoms with E-state index >= 15 is 0 Å². The first-order valence-corrected chi connectivity index (χ1v) is 8.74. The van der Waals surface area contributed by atoms with Crippen LogP contribution in [0.5, 0.6) is 0 Å². The van der Waals surface area contributed by atoms with Gasteiger partial charge in [-0.2, -0.15) is 0 Å². The lowest BCUT2D eigenvalue weighted by Crippen LogP contribution is -2.29. The Bertz CT molecular complexity index is 686. The summed E-state index contributed by atoms with van der Waals surface area (Å²) in [5, 5.41) is 3.18. The van der Waals surface area contributed by atoms with E-state index < -0.39 is 7.41 Å². The molecule has 3 rings (SSSR count). The van der Waals surface area contributed by atoms with Gasteiger partial charge in [0.1, 0.15) is 15.9 Å². The topological polar surface area (TPSA) is 48.8 Å². The molecule has 0 aromatic heterocycles. The largest absolute Gasteiger partial charge is 0.223 e. The van der Waals surface area contributed by atoms with Gasteiger partial charge in [0.25, 0.3) is 0 Å². The van der Waals surface area contributed by atoms with Crippen LogP contribution in [-0.4, -0.2) is 0 Å². The molecule has 22 heavy (non-hydrogen) atoms. The second-order valence-electron chi connectivity index (χ2n) is 4.82. The van der Waals surface area contributed by atoms with E-state index in [1.807, 2.05) is 91.0 Å². The first kappa shape index (κ1) is 14.3. The predicted molar refractivity (Wildman–Crippen MR) is 94.3 cm³/mol. The first-order valence-electron chi connectivity index (χ1n) is 7.00. The molecular weight excluding hydrogens is 289 g/mol. The molecular formula is C18H15N3P+. The van der Waals surface area contributed by atoms with E-state index in [4.69, 9.17) is 0 Å².